The van der Waals surface area contributed by atoms with E-state index in [0.29, 0.717) is 0 Å². The molecule has 18 heavy (non-hydrogen) atoms. The van der Waals surface area contributed by atoms with E-state index in [9.17, 15) is 14.9 Å². The molecule has 0 N–H and O–H groups in total. The number of ether oxygens (including phenoxy) is 3. The zero-order valence-corrected chi connectivity index (χ0v) is 10.9. The summed E-state index contributed by atoms with van der Waals surface area (Å²) in [6, 6.07) is 0. The molecule has 0 aromatic rings. The van der Waals surface area contributed by atoms with Gasteiger partial charge in [-0.1, -0.05) is 0 Å². The molecule has 1 aliphatic rings. The van der Waals surface area contributed by atoms with E-state index in [1.54, 1.807) is 20.8 Å². The van der Waals surface area contributed by atoms with Crippen LogP contribution < -0.4 is 0 Å². The molecule has 0 aromatic carbocycles. The average Bonchev–Trinajstić information content (AvgIpc) is 2.57. The summed E-state index contributed by atoms with van der Waals surface area (Å²) in [5, 5.41) is 10.6. The van der Waals surface area contributed by atoms with Crippen LogP contribution in [0, 0.1) is 16.0 Å². The van der Waals surface area contributed by atoms with Crippen LogP contribution in [0.15, 0.2) is 0 Å². The maximum atomic E-state index is 11.4. The number of carbonyl (C=O) groups excluding carboxylic acids is 1. The zero-order chi connectivity index (χ0) is 13.8. The van der Waals surface area contributed by atoms with Crippen molar-refractivity contribution in [3.05, 3.63) is 10.1 Å². The molecule has 2 atom stereocenters. The second-order valence-corrected chi connectivity index (χ2v) is 4.65. The quantitative estimate of drug-likeness (QED) is 0.402. The van der Waals surface area contributed by atoms with E-state index in [2.05, 4.69) is 0 Å². The Labute approximate surface area is 106 Å². The van der Waals surface area contributed by atoms with Crippen LogP contribution in [0.25, 0.3) is 0 Å². The molecule has 1 fully saturated rings. The number of hydrogen-bond acceptors (Lipinski definition) is 6. The highest BCUT2D eigenvalue weighted by molar-refractivity contribution is 5.69. The second kappa shape index (κ2) is 6.10. The van der Waals surface area contributed by atoms with Gasteiger partial charge in [-0.05, 0) is 20.8 Å². The number of hydrogen-bond donors (Lipinski definition) is 0. The highest BCUT2D eigenvalue weighted by Crippen LogP contribution is 2.28. The molecule has 1 rings (SSSR count). The Hall–Kier alpha value is -1.21. The number of carbonyl (C=O) groups is 1. The number of nitrogens with zero attached hydrogens (tertiary/aromatic N) is 1. The standard InChI is InChI=1S/C11H19NO6/c1-4-16-10(13)5-8(6-12(14)15)9-7-17-11(2,3)18-9/h8-9H,4-7H2,1-3H3/t8-,9+/m1/s1. The molecule has 7 nitrogen and oxygen atoms in total. The maximum Gasteiger partial charge on any atom is 0.306 e. The minimum absolute atomic E-state index is 0.0288. The van der Waals surface area contributed by atoms with Crippen LogP contribution >= 0.6 is 0 Å². The van der Waals surface area contributed by atoms with Crippen LogP contribution in [0.3, 0.4) is 0 Å². The number of rotatable bonds is 6. The predicted octanol–water partition coefficient (Wildman–Crippen LogP) is 0.984. The van der Waals surface area contributed by atoms with E-state index in [1.807, 2.05) is 0 Å². The zero-order valence-electron chi connectivity index (χ0n) is 10.9. The Bertz CT molecular complexity index is 317. The molecule has 7 heteroatoms. The van der Waals surface area contributed by atoms with E-state index in [-0.39, 0.29) is 26.2 Å². The van der Waals surface area contributed by atoms with Gasteiger partial charge in [0.1, 0.15) is 0 Å². The van der Waals surface area contributed by atoms with Crippen molar-refractivity contribution in [2.24, 2.45) is 5.92 Å². The molecule has 0 unspecified atom stereocenters. The molecule has 0 aromatic heterocycles. The predicted molar refractivity (Wildman–Crippen MR) is 61.5 cm³/mol. The molecule has 0 radical (unpaired) electrons. The molecule has 0 aliphatic carbocycles. The first kappa shape index (κ1) is 14.8. The van der Waals surface area contributed by atoms with Crippen molar-refractivity contribution in [1.29, 1.82) is 0 Å². The van der Waals surface area contributed by atoms with E-state index in [0.717, 1.165) is 0 Å². The summed E-state index contributed by atoms with van der Waals surface area (Å²) in [6.07, 6.45) is -0.478. The van der Waals surface area contributed by atoms with Gasteiger partial charge in [0.15, 0.2) is 5.79 Å². The van der Waals surface area contributed by atoms with Gasteiger partial charge in [-0.2, -0.15) is 0 Å². The summed E-state index contributed by atoms with van der Waals surface area (Å²) >= 11 is 0. The van der Waals surface area contributed by atoms with E-state index >= 15 is 0 Å². The van der Waals surface area contributed by atoms with Gasteiger partial charge in [0.2, 0.25) is 6.54 Å². The van der Waals surface area contributed by atoms with E-state index in [4.69, 9.17) is 14.2 Å². The van der Waals surface area contributed by atoms with Crippen molar-refractivity contribution in [2.75, 3.05) is 19.8 Å². The Morgan fingerprint density at radius 2 is 2.28 bits per heavy atom. The lowest BCUT2D eigenvalue weighted by atomic mass is 9.99. The van der Waals surface area contributed by atoms with Gasteiger partial charge in [0.25, 0.3) is 0 Å². The third kappa shape index (κ3) is 4.58. The summed E-state index contributed by atoms with van der Waals surface area (Å²) in [6.45, 7) is 5.35. The van der Waals surface area contributed by atoms with Gasteiger partial charge in [0.05, 0.1) is 31.7 Å². The van der Waals surface area contributed by atoms with Gasteiger partial charge >= 0.3 is 5.97 Å². The van der Waals surface area contributed by atoms with Crippen molar-refractivity contribution in [3.8, 4) is 0 Å². The van der Waals surface area contributed by atoms with Gasteiger partial charge in [-0.3, -0.25) is 14.9 Å². The monoisotopic (exact) mass is 261 g/mol. The molecular weight excluding hydrogens is 242 g/mol. The highest BCUT2D eigenvalue weighted by atomic mass is 16.7. The lowest BCUT2D eigenvalue weighted by molar-refractivity contribution is -0.490. The summed E-state index contributed by atoms with van der Waals surface area (Å²) in [5.41, 5.74) is 0. The first-order chi connectivity index (χ1) is 8.34. The van der Waals surface area contributed by atoms with Gasteiger partial charge in [-0.25, -0.2) is 0 Å². The minimum Gasteiger partial charge on any atom is -0.466 e. The number of nitro groups is 1. The van der Waals surface area contributed by atoms with Crippen molar-refractivity contribution in [3.63, 3.8) is 0 Å². The van der Waals surface area contributed by atoms with Crippen LogP contribution in [0.4, 0.5) is 0 Å². The molecule has 1 aliphatic heterocycles. The molecule has 0 saturated carbocycles. The lowest BCUT2D eigenvalue weighted by Crippen LogP contribution is -2.33. The Morgan fingerprint density at radius 3 is 2.72 bits per heavy atom. The van der Waals surface area contributed by atoms with Crippen LogP contribution in [-0.2, 0) is 19.0 Å². The summed E-state index contributed by atoms with van der Waals surface area (Å²) in [5.74, 6) is -1.73. The Kier molecular flexibility index (Phi) is 5.03. The Balaban J connectivity index is 2.61. The average molecular weight is 261 g/mol. The third-order valence-electron chi connectivity index (χ3n) is 2.67. The van der Waals surface area contributed by atoms with Gasteiger partial charge in [0, 0.05) is 4.92 Å². The fourth-order valence-corrected chi connectivity index (χ4v) is 1.89. The fraction of sp³-hybridized carbons (Fsp3) is 0.909. The first-order valence-electron chi connectivity index (χ1n) is 5.93. The molecule has 1 heterocycles. The first-order valence-corrected chi connectivity index (χ1v) is 5.93. The molecule has 0 amide bonds. The lowest BCUT2D eigenvalue weighted by Gasteiger charge is -2.21. The highest BCUT2D eigenvalue weighted by Gasteiger charge is 2.40. The van der Waals surface area contributed by atoms with Gasteiger partial charge < -0.3 is 14.2 Å². The number of esters is 1. The van der Waals surface area contributed by atoms with Crippen LogP contribution in [0.1, 0.15) is 27.2 Å². The Morgan fingerprint density at radius 1 is 1.61 bits per heavy atom. The van der Waals surface area contributed by atoms with E-state index < -0.39 is 28.7 Å². The summed E-state index contributed by atoms with van der Waals surface area (Å²) < 4.78 is 15.7. The maximum absolute atomic E-state index is 11.4. The third-order valence-corrected chi connectivity index (χ3v) is 2.67. The smallest absolute Gasteiger partial charge is 0.306 e. The molecular formula is C11H19NO6. The van der Waals surface area contributed by atoms with Crippen molar-refractivity contribution in [1.82, 2.24) is 0 Å². The normalized spacial score (nSPS) is 23.6. The molecule has 1 saturated heterocycles. The summed E-state index contributed by atoms with van der Waals surface area (Å²) in [4.78, 5) is 21.6. The van der Waals surface area contributed by atoms with Crippen LogP contribution in [0.2, 0.25) is 0 Å². The fourth-order valence-electron chi connectivity index (χ4n) is 1.89. The topological polar surface area (TPSA) is 87.9 Å². The van der Waals surface area contributed by atoms with Crippen LogP contribution in [0.5, 0.6) is 0 Å². The molecule has 104 valence electrons. The largest absolute Gasteiger partial charge is 0.466 e. The SMILES string of the molecule is CCOC(=O)C[C@H](C[N+](=O)[O-])[C@@H]1COC(C)(C)O1. The second-order valence-electron chi connectivity index (χ2n) is 4.65. The van der Waals surface area contributed by atoms with Crippen molar-refractivity contribution < 1.29 is 23.9 Å². The van der Waals surface area contributed by atoms with E-state index in [1.165, 1.54) is 0 Å². The van der Waals surface area contributed by atoms with Gasteiger partial charge in [-0.15, -0.1) is 0 Å². The molecule has 0 spiro atoms. The van der Waals surface area contributed by atoms with Crippen molar-refractivity contribution in [2.45, 2.75) is 39.1 Å². The minimum atomic E-state index is -0.756. The molecule has 0 bridgehead atoms. The van der Waals surface area contributed by atoms with Crippen molar-refractivity contribution >= 4 is 5.97 Å². The summed E-state index contributed by atoms with van der Waals surface area (Å²) in [7, 11) is 0. The van der Waals surface area contributed by atoms with Crippen LogP contribution in [-0.4, -0.2) is 42.5 Å².